The Balaban J connectivity index is 2.44. The number of aliphatic carboxylic acids is 1. The molecule has 0 aliphatic rings. The van der Waals surface area contributed by atoms with Crippen LogP contribution in [0.15, 0.2) is 48.5 Å². The van der Waals surface area contributed by atoms with Crippen molar-refractivity contribution in [2.45, 2.75) is 12.5 Å². The summed E-state index contributed by atoms with van der Waals surface area (Å²) in [5.41, 5.74) is 1.85. The molecule has 6 heteroatoms. The van der Waals surface area contributed by atoms with Gasteiger partial charge in [0.15, 0.2) is 0 Å². The van der Waals surface area contributed by atoms with Crippen molar-refractivity contribution in [3.63, 3.8) is 0 Å². The van der Waals surface area contributed by atoms with E-state index in [9.17, 15) is 14.7 Å². The zero-order valence-corrected chi connectivity index (χ0v) is 14.1. The molecule has 126 valence electrons. The number of rotatable bonds is 7. The van der Waals surface area contributed by atoms with Crippen molar-refractivity contribution < 1.29 is 19.4 Å². The van der Waals surface area contributed by atoms with Crippen LogP contribution in [0, 0.1) is 0 Å². The summed E-state index contributed by atoms with van der Waals surface area (Å²) in [4.78, 5) is 24.0. The second-order valence-electron chi connectivity index (χ2n) is 5.13. The summed E-state index contributed by atoms with van der Waals surface area (Å²) in [6.07, 6.45) is 0.236. The van der Waals surface area contributed by atoms with Crippen LogP contribution < -0.4 is 10.1 Å². The first-order chi connectivity index (χ1) is 11.6. The summed E-state index contributed by atoms with van der Waals surface area (Å²) in [7, 11) is 1.48. The fraction of sp³-hybridized carbons (Fsp3) is 0.222. The van der Waals surface area contributed by atoms with E-state index < -0.39 is 17.9 Å². The minimum absolute atomic E-state index is 0.236. The van der Waals surface area contributed by atoms with E-state index in [1.165, 1.54) is 7.11 Å². The highest BCUT2D eigenvalue weighted by molar-refractivity contribution is 7.80. The molecule has 0 aromatic heterocycles. The van der Waals surface area contributed by atoms with Gasteiger partial charge in [-0.25, -0.2) is 4.79 Å². The van der Waals surface area contributed by atoms with Crippen LogP contribution >= 0.6 is 12.6 Å². The van der Waals surface area contributed by atoms with Crippen LogP contribution in [0.2, 0.25) is 0 Å². The van der Waals surface area contributed by atoms with Crippen LogP contribution in [0.5, 0.6) is 5.75 Å². The molecule has 0 bridgehead atoms. The number of methoxy groups -OCH3 is 1. The summed E-state index contributed by atoms with van der Waals surface area (Å²) in [5, 5.41) is 11.8. The van der Waals surface area contributed by atoms with Crippen LogP contribution in [-0.2, 0) is 4.79 Å². The third-order valence-corrected chi connectivity index (χ3v) is 3.84. The normalized spacial score (nSPS) is 11.6. The Bertz CT molecular complexity index is 718. The molecule has 2 rings (SSSR count). The molecule has 0 saturated carbocycles. The van der Waals surface area contributed by atoms with Crippen molar-refractivity contribution in [1.82, 2.24) is 5.32 Å². The Hall–Kier alpha value is -2.47. The maximum atomic E-state index is 12.7. The van der Waals surface area contributed by atoms with E-state index in [1.807, 2.05) is 30.3 Å². The maximum absolute atomic E-state index is 12.7. The molecule has 0 spiro atoms. The summed E-state index contributed by atoms with van der Waals surface area (Å²) < 4.78 is 5.31. The van der Waals surface area contributed by atoms with Crippen molar-refractivity contribution in [3.05, 3.63) is 54.1 Å². The lowest BCUT2D eigenvalue weighted by atomic mass is 9.98. The minimum Gasteiger partial charge on any atom is -0.496 e. The van der Waals surface area contributed by atoms with E-state index >= 15 is 0 Å². The summed E-state index contributed by atoms with van der Waals surface area (Å²) in [6.45, 7) is 0. The fourth-order valence-corrected chi connectivity index (χ4v) is 2.67. The number of amides is 1. The third kappa shape index (κ3) is 4.08. The molecule has 0 radical (unpaired) electrons. The Labute approximate surface area is 146 Å². The SMILES string of the molecule is COc1cccc(-c2ccccc2)c1C(=O)N[C@@H](CCS)C(=O)O. The second kappa shape index (κ2) is 8.40. The molecule has 0 fully saturated rings. The van der Waals surface area contributed by atoms with Gasteiger partial charge in [0.05, 0.1) is 12.7 Å². The van der Waals surface area contributed by atoms with Crippen molar-refractivity contribution in [2.24, 2.45) is 0 Å². The topological polar surface area (TPSA) is 75.6 Å². The smallest absolute Gasteiger partial charge is 0.326 e. The standard InChI is InChI=1S/C18H19NO4S/c1-23-15-9-5-8-13(12-6-3-2-4-7-12)16(15)17(20)19-14(10-11-24)18(21)22/h2-9,14,24H,10-11H2,1H3,(H,19,20)(H,21,22)/t14-/m0/s1. The Morgan fingerprint density at radius 1 is 1.17 bits per heavy atom. The number of carbonyl (C=O) groups excluding carboxylic acids is 1. The molecule has 0 heterocycles. The van der Waals surface area contributed by atoms with E-state index in [0.717, 1.165) is 5.56 Å². The number of ether oxygens (including phenoxy) is 1. The van der Waals surface area contributed by atoms with Gasteiger partial charge in [-0.1, -0.05) is 42.5 Å². The van der Waals surface area contributed by atoms with Crippen LogP contribution in [0.25, 0.3) is 11.1 Å². The first-order valence-electron chi connectivity index (χ1n) is 7.45. The summed E-state index contributed by atoms with van der Waals surface area (Å²) in [6, 6.07) is 13.7. The van der Waals surface area contributed by atoms with Gasteiger partial charge in [-0.05, 0) is 29.4 Å². The van der Waals surface area contributed by atoms with Crippen molar-refractivity contribution in [3.8, 4) is 16.9 Å². The Morgan fingerprint density at radius 3 is 2.46 bits per heavy atom. The molecule has 0 saturated heterocycles. The van der Waals surface area contributed by atoms with Crippen molar-refractivity contribution in [2.75, 3.05) is 12.9 Å². The highest BCUT2D eigenvalue weighted by Crippen LogP contribution is 2.30. The first kappa shape index (κ1) is 17.9. The van der Waals surface area contributed by atoms with Gasteiger partial charge < -0.3 is 15.2 Å². The van der Waals surface area contributed by atoms with Crippen LogP contribution in [0.3, 0.4) is 0 Å². The van der Waals surface area contributed by atoms with Crippen LogP contribution in [-0.4, -0.2) is 35.9 Å². The predicted molar refractivity (Wildman–Crippen MR) is 95.8 cm³/mol. The zero-order chi connectivity index (χ0) is 17.5. The molecule has 1 amide bonds. The fourth-order valence-electron chi connectivity index (χ4n) is 2.41. The number of hydrogen-bond acceptors (Lipinski definition) is 4. The van der Waals surface area contributed by atoms with E-state index in [1.54, 1.807) is 18.2 Å². The van der Waals surface area contributed by atoms with Gasteiger partial charge in [-0.3, -0.25) is 4.79 Å². The van der Waals surface area contributed by atoms with Crippen molar-refractivity contribution >= 4 is 24.5 Å². The highest BCUT2D eigenvalue weighted by Gasteiger charge is 2.24. The van der Waals surface area contributed by atoms with Gasteiger partial charge in [-0.2, -0.15) is 12.6 Å². The molecular formula is C18H19NO4S. The van der Waals surface area contributed by atoms with Crippen molar-refractivity contribution in [1.29, 1.82) is 0 Å². The zero-order valence-electron chi connectivity index (χ0n) is 13.2. The lowest BCUT2D eigenvalue weighted by Gasteiger charge is -2.17. The molecule has 2 aromatic rings. The summed E-state index contributed by atoms with van der Waals surface area (Å²) in [5.74, 6) is -0.827. The lowest BCUT2D eigenvalue weighted by molar-refractivity contribution is -0.139. The molecule has 2 N–H and O–H groups in total. The maximum Gasteiger partial charge on any atom is 0.326 e. The largest absolute Gasteiger partial charge is 0.496 e. The minimum atomic E-state index is -1.09. The number of thiol groups is 1. The number of nitrogens with one attached hydrogen (secondary N) is 1. The molecule has 0 aliphatic carbocycles. The van der Waals surface area contributed by atoms with E-state index in [2.05, 4.69) is 17.9 Å². The number of carboxylic acid groups (broad SMARTS) is 1. The van der Waals surface area contributed by atoms with Gasteiger partial charge in [0, 0.05) is 0 Å². The molecule has 24 heavy (non-hydrogen) atoms. The number of carboxylic acids is 1. The molecule has 5 nitrogen and oxygen atoms in total. The number of hydrogen-bond donors (Lipinski definition) is 3. The molecule has 2 aromatic carbocycles. The van der Waals surface area contributed by atoms with Crippen LogP contribution in [0.1, 0.15) is 16.8 Å². The first-order valence-corrected chi connectivity index (χ1v) is 8.08. The molecule has 0 aliphatic heterocycles. The monoisotopic (exact) mass is 345 g/mol. The number of benzene rings is 2. The van der Waals surface area contributed by atoms with Gasteiger partial charge in [0.25, 0.3) is 5.91 Å². The lowest BCUT2D eigenvalue weighted by Crippen LogP contribution is -2.41. The average molecular weight is 345 g/mol. The Morgan fingerprint density at radius 2 is 1.88 bits per heavy atom. The quantitative estimate of drug-likeness (QED) is 0.675. The van der Waals surface area contributed by atoms with Crippen LogP contribution in [0.4, 0.5) is 0 Å². The third-order valence-electron chi connectivity index (χ3n) is 3.58. The molecular weight excluding hydrogens is 326 g/mol. The molecule has 1 atom stereocenters. The van der Waals surface area contributed by atoms with Gasteiger partial charge in [0.1, 0.15) is 11.8 Å². The molecule has 0 unspecified atom stereocenters. The summed E-state index contributed by atoms with van der Waals surface area (Å²) >= 11 is 4.04. The van der Waals surface area contributed by atoms with E-state index in [4.69, 9.17) is 4.74 Å². The van der Waals surface area contributed by atoms with Gasteiger partial charge in [-0.15, -0.1) is 0 Å². The van der Waals surface area contributed by atoms with Gasteiger partial charge >= 0.3 is 5.97 Å². The highest BCUT2D eigenvalue weighted by atomic mass is 32.1. The average Bonchev–Trinajstić information content (AvgIpc) is 2.61. The Kier molecular flexibility index (Phi) is 6.26. The number of carbonyl (C=O) groups is 2. The van der Waals surface area contributed by atoms with Gasteiger partial charge in [0.2, 0.25) is 0 Å². The predicted octanol–water partition coefficient (Wildman–Crippen LogP) is 2.87. The second-order valence-corrected chi connectivity index (χ2v) is 5.57. The van der Waals surface area contributed by atoms with E-state index in [-0.39, 0.29) is 6.42 Å². The van der Waals surface area contributed by atoms with E-state index in [0.29, 0.717) is 22.6 Å².